The number of esters is 1. The van der Waals surface area contributed by atoms with E-state index in [0.29, 0.717) is 22.8 Å². The maximum atomic E-state index is 13.1. The van der Waals surface area contributed by atoms with E-state index in [0.717, 1.165) is 10.6 Å². The molecule has 0 unspecified atom stereocenters. The minimum absolute atomic E-state index is 0.0368. The molecule has 3 aromatic rings. The average Bonchev–Trinajstić information content (AvgIpc) is 3.19. The van der Waals surface area contributed by atoms with Crippen LogP contribution in [0.4, 0.5) is 4.39 Å². The second-order valence-corrected chi connectivity index (χ2v) is 6.54. The Labute approximate surface area is 166 Å². The third-order valence-electron chi connectivity index (χ3n) is 3.81. The number of carbonyl (C=O) groups excluding carboxylic acids is 1. The normalized spacial score (nSPS) is 10.8. The lowest BCUT2D eigenvalue weighted by Crippen LogP contribution is -2.01. The number of para-hydroxylation sites is 1. The second-order valence-electron chi connectivity index (χ2n) is 5.68. The monoisotopic (exact) mass is 399 g/mol. The van der Waals surface area contributed by atoms with Gasteiger partial charge in [-0.05, 0) is 35.9 Å². The molecule has 28 heavy (non-hydrogen) atoms. The molecule has 0 amide bonds. The van der Waals surface area contributed by atoms with Crippen LogP contribution >= 0.6 is 11.3 Å². The van der Waals surface area contributed by atoms with E-state index < -0.39 is 5.97 Å². The quantitative estimate of drug-likeness (QED) is 0.425. The van der Waals surface area contributed by atoms with Crippen LogP contribution in [-0.4, -0.2) is 25.2 Å². The Morgan fingerprint density at radius 3 is 2.75 bits per heavy atom. The summed E-state index contributed by atoms with van der Waals surface area (Å²) in [5.41, 5.74) is 2.01. The average molecular weight is 399 g/mol. The second kappa shape index (κ2) is 9.14. The van der Waals surface area contributed by atoms with E-state index in [1.807, 2.05) is 23.6 Å². The van der Waals surface area contributed by atoms with Gasteiger partial charge in [0.05, 0.1) is 25.5 Å². The minimum atomic E-state index is -0.530. The Kier molecular flexibility index (Phi) is 6.39. The molecule has 0 fully saturated rings. The number of carbonyl (C=O) groups is 1. The van der Waals surface area contributed by atoms with Gasteiger partial charge in [0.25, 0.3) is 0 Å². The number of methoxy groups -OCH3 is 2. The topological polar surface area (TPSA) is 57.7 Å². The van der Waals surface area contributed by atoms with Gasteiger partial charge in [-0.1, -0.05) is 18.2 Å². The number of benzene rings is 2. The summed E-state index contributed by atoms with van der Waals surface area (Å²) in [4.78, 5) is 16.4. The molecule has 0 radical (unpaired) electrons. The SMILES string of the molecule is COc1cccc(-c2nc(COC(=O)/C=C/c3cccc(F)c3)cs2)c1OC. The molecule has 0 aliphatic heterocycles. The van der Waals surface area contributed by atoms with E-state index in [1.54, 1.807) is 26.4 Å². The van der Waals surface area contributed by atoms with Crippen LogP contribution in [0, 0.1) is 5.82 Å². The first-order chi connectivity index (χ1) is 13.6. The van der Waals surface area contributed by atoms with Crippen LogP contribution in [0.3, 0.4) is 0 Å². The molecule has 2 aromatic carbocycles. The lowest BCUT2D eigenvalue weighted by atomic mass is 10.2. The third-order valence-corrected chi connectivity index (χ3v) is 4.73. The van der Waals surface area contributed by atoms with Gasteiger partial charge in [0.2, 0.25) is 0 Å². The molecule has 0 N–H and O–H groups in total. The van der Waals surface area contributed by atoms with E-state index in [2.05, 4.69) is 4.98 Å². The largest absolute Gasteiger partial charge is 0.493 e. The standard InChI is InChI=1S/C21H18FNO4S/c1-25-18-8-4-7-17(20(18)26-2)21-23-16(13-28-21)12-27-19(24)10-9-14-5-3-6-15(22)11-14/h3-11,13H,12H2,1-2H3/b10-9+. The summed E-state index contributed by atoms with van der Waals surface area (Å²) in [6.45, 7) is 0.0368. The van der Waals surface area contributed by atoms with Gasteiger partial charge in [0.15, 0.2) is 11.5 Å². The molecule has 3 rings (SSSR count). The van der Waals surface area contributed by atoms with Crippen molar-refractivity contribution in [2.75, 3.05) is 14.2 Å². The molecule has 0 atom stereocenters. The molecular weight excluding hydrogens is 381 g/mol. The number of nitrogens with zero attached hydrogens (tertiary/aromatic N) is 1. The highest BCUT2D eigenvalue weighted by Crippen LogP contribution is 2.38. The Morgan fingerprint density at radius 2 is 2.00 bits per heavy atom. The number of halogens is 1. The zero-order valence-electron chi connectivity index (χ0n) is 15.3. The fraction of sp³-hybridized carbons (Fsp3) is 0.143. The van der Waals surface area contributed by atoms with Crippen LogP contribution in [0.5, 0.6) is 11.5 Å². The summed E-state index contributed by atoms with van der Waals surface area (Å²) >= 11 is 1.42. The number of ether oxygens (including phenoxy) is 3. The van der Waals surface area contributed by atoms with Gasteiger partial charge in [-0.2, -0.15) is 0 Å². The Morgan fingerprint density at radius 1 is 1.18 bits per heavy atom. The predicted octanol–water partition coefficient (Wildman–Crippen LogP) is 4.72. The molecular formula is C21H18FNO4S. The summed E-state index contributed by atoms with van der Waals surface area (Å²) in [6.07, 6.45) is 2.76. The summed E-state index contributed by atoms with van der Waals surface area (Å²) < 4.78 is 29.1. The van der Waals surface area contributed by atoms with E-state index in [9.17, 15) is 9.18 Å². The van der Waals surface area contributed by atoms with Gasteiger partial charge in [0.1, 0.15) is 17.4 Å². The predicted molar refractivity (Wildman–Crippen MR) is 106 cm³/mol. The summed E-state index contributed by atoms with van der Waals surface area (Å²) in [5, 5.41) is 2.55. The zero-order chi connectivity index (χ0) is 19.9. The first kappa shape index (κ1) is 19.6. The molecule has 1 aromatic heterocycles. The fourth-order valence-corrected chi connectivity index (χ4v) is 3.35. The molecule has 5 nitrogen and oxygen atoms in total. The maximum absolute atomic E-state index is 13.1. The van der Waals surface area contributed by atoms with Gasteiger partial charge in [-0.25, -0.2) is 14.2 Å². The molecule has 144 valence electrons. The van der Waals surface area contributed by atoms with Gasteiger partial charge >= 0.3 is 5.97 Å². The van der Waals surface area contributed by atoms with Crippen LogP contribution in [0.25, 0.3) is 16.6 Å². The highest BCUT2D eigenvalue weighted by atomic mass is 32.1. The fourth-order valence-electron chi connectivity index (χ4n) is 2.52. The minimum Gasteiger partial charge on any atom is -0.493 e. The van der Waals surface area contributed by atoms with Gasteiger partial charge in [-0.3, -0.25) is 0 Å². The number of hydrogen-bond donors (Lipinski definition) is 0. The lowest BCUT2D eigenvalue weighted by Gasteiger charge is -2.10. The van der Waals surface area contributed by atoms with Crippen molar-refractivity contribution in [1.29, 1.82) is 0 Å². The maximum Gasteiger partial charge on any atom is 0.331 e. The van der Waals surface area contributed by atoms with E-state index in [1.165, 1.54) is 35.6 Å². The number of rotatable bonds is 7. The molecule has 0 saturated carbocycles. The van der Waals surface area contributed by atoms with Crippen LogP contribution in [0.2, 0.25) is 0 Å². The van der Waals surface area contributed by atoms with Crippen molar-refractivity contribution in [1.82, 2.24) is 4.98 Å². The Bertz CT molecular complexity index is 1000. The van der Waals surface area contributed by atoms with Crippen molar-refractivity contribution in [3.63, 3.8) is 0 Å². The lowest BCUT2D eigenvalue weighted by molar-refractivity contribution is -0.139. The molecule has 0 aliphatic rings. The van der Waals surface area contributed by atoms with Crippen molar-refractivity contribution < 1.29 is 23.4 Å². The van der Waals surface area contributed by atoms with E-state index >= 15 is 0 Å². The highest BCUT2D eigenvalue weighted by molar-refractivity contribution is 7.13. The van der Waals surface area contributed by atoms with Crippen LogP contribution < -0.4 is 9.47 Å². The Balaban J connectivity index is 1.65. The van der Waals surface area contributed by atoms with Crippen molar-refractivity contribution in [3.8, 4) is 22.1 Å². The number of thiazole rings is 1. The van der Waals surface area contributed by atoms with Crippen molar-refractivity contribution in [2.24, 2.45) is 0 Å². The zero-order valence-corrected chi connectivity index (χ0v) is 16.2. The number of hydrogen-bond acceptors (Lipinski definition) is 6. The van der Waals surface area contributed by atoms with Crippen LogP contribution in [0.1, 0.15) is 11.3 Å². The molecule has 0 saturated heterocycles. The van der Waals surface area contributed by atoms with E-state index in [4.69, 9.17) is 14.2 Å². The molecule has 1 heterocycles. The molecule has 0 bridgehead atoms. The smallest absolute Gasteiger partial charge is 0.331 e. The van der Waals surface area contributed by atoms with E-state index in [-0.39, 0.29) is 12.4 Å². The van der Waals surface area contributed by atoms with Crippen molar-refractivity contribution >= 4 is 23.4 Å². The van der Waals surface area contributed by atoms with Gasteiger partial charge in [-0.15, -0.1) is 11.3 Å². The Hall–Kier alpha value is -3.19. The van der Waals surface area contributed by atoms with Gasteiger partial charge in [0, 0.05) is 11.5 Å². The van der Waals surface area contributed by atoms with Crippen LogP contribution in [-0.2, 0) is 16.1 Å². The summed E-state index contributed by atoms with van der Waals surface area (Å²) in [5.74, 6) is 0.322. The summed E-state index contributed by atoms with van der Waals surface area (Å²) in [7, 11) is 3.15. The van der Waals surface area contributed by atoms with Crippen molar-refractivity contribution in [2.45, 2.75) is 6.61 Å². The molecule has 0 aliphatic carbocycles. The van der Waals surface area contributed by atoms with Crippen molar-refractivity contribution in [3.05, 3.63) is 71.0 Å². The van der Waals surface area contributed by atoms with Crippen LogP contribution in [0.15, 0.2) is 53.9 Å². The third kappa shape index (κ3) is 4.75. The summed E-state index contributed by atoms with van der Waals surface area (Å²) in [6, 6.07) is 11.5. The number of aromatic nitrogens is 1. The molecule has 7 heteroatoms. The first-order valence-electron chi connectivity index (χ1n) is 8.37. The van der Waals surface area contributed by atoms with Gasteiger partial charge < -0.3 is 14.2 Å². The highest BCUT2D eigenvalue weighted by Gasteiger charge is 2.15. The first-order valence-corrected chi connectivity index (χ1v) is 9.25. The molecule has 0 spiro atoms.